The van der Waals surface area contributed by atoms with Gasteiger partial charge in [-0.05, 0) is 24.3 Å². The van der Waals surface area contributed by atoms with Crippen molar-refractivity contribution in [1.82, 2.24) is 15.0 Å². The van der Waals surface area contributed by atoms with Crippen molar-refractivity contribution in [2.24, 2.45) is 4.99 Å². The van der Waals surface area contributed by atoms with E-state index in [0.29, 0.717) is 27.4 Å². The number of rotatable bonds is 4. The van der Waals surface area contributed by atoms with Crippen molar-refractivity contribution in [1.29, 1.82) is 0 Å². The van der Waals surface area contributed by atoms with E-state index in [1.54, 1.807) is 18.2 Å². The molecule has 0 saturated heterocycles. The molecule has 1 aliphatic heterocycles. The number of benzene rings is 2. The third-order valence-corrected chi connectivity index (χ3v) is 5.13. The van der Waals surface area contributed by atoms with E-state index in [-0.39, 0.29) is 35.5 Å². The summed E-state index contributed by atoms with van der Waals surface area (Å²) in [6.45, 7) is 0.0627. The summed E-state index contributed by atoms with van der Waals surface area (Å²) in [5.41, 5.74) is 1.85. The Kier molecular flexibility index (Phi) is 5.06. The number of oxazole rings is 1. The number of halogens is 3. The predicted molar refractivity (Wildman–Crippen MR) is 115 cm³/mol. The number of aromatic carboxylic acids is 1. The van der Waals surface area contributed by atoms with Crippen molar-refractivity contribution in [3.05, 3.63) is 87.9 Å². The summed E-state index contributed by atoms with van der Waals surface area (Å²) in [6, 6.07) is 8.37. The number of nitrogens with one attached hydrogen (secondary N) is 1. The number of nitrogens with zero attached hydrogens (tertiary/aromatic N) is 4. The number of carbonyl (C=O) groups is 1. The number of aromatic nitrogens is 3. The second-order valence-corrected chi connectivity index (χ2v) is 7.42. The van der Waals surface area contributed by atoms with Crippen molar-refractivity contribution in [3.8, 4) is 11.3 Å². The molecule has 0 spiro atoms. The van der Waals surface area contributed by atoms with Gasteiger partial charge in [-0.3, -0.25) is 10.3 Å². The lowest BCUT2D eigenvalue weighted by Gasteiger charge is -2.13. The standard InChI is InChI=1S/C22H12ClF2N5O3/c23-11-4-5-12-13(6-11)19(17-14(24)2-1-3-15(17)25)26-7-10-8-27-21(29-18(10)12)30-22-28-9-16(33-22)20(31)32/h1-6,8-9H,7H2,(H,31,32)(H,27,28,29,30). The quantitative estimate of drug-likeness (QED) is 0.440. The van der Waals surface area contributed by atoms with Gasteiger partial charge in [0.2, 0.25) is 11.7 Å². The monoisotopic (exact) mass is 467 g/mol. The van der Waals surface area contributed by atoms with Gasteiger partial charge in [0.1, 0.15) is 11.6 Å². The topological polar surface area (TPSA) is 114 Å². The van der Waals surface area contributed by atoms with Crippen LogP contribution < -0.4 is 5.32 Å². The van der Waals surface area contributed by atoms with Gasteiger partial charge in [-0.1, -0.05) is 23.7 Å². The van der Waals surface area contributed by atoms with Crippen LogP contribution in [0.3, 0.4) is 0 Å². The maximum Gasteiger partial charge on any atom is 0.373 e. The van der Waals surface area contributed by atoms with Crippen LogP contribution in [0.4, 0.5) is 20.7 Å². The lowest BCUT2D eigenvalue weighted by molar-refractivity contribution is 0.0663. The molecule has 0 amide bonds. The van der Waals surface area contributed by atoms with E-state index in [1.165, 1.54) is 12.3 Å². The largest absolute Gasteiger partial charge is 0.475 e. The second kappa shape index (κ2) is 8.06. The molecule has 0 aliphatic carbocycles. The fourth-order valence-electron chi connectivity index (χ4n) is 3.45. The van der Waals surface area contributed by atoms with E-state index in [4.69, 9.17) is 21.1 Å². The smallest absolute Gasteiger partial charge is 0.373 e. The minimum atomic E-state index is -1.27. The summed E-state index contributed by atoms with van der Waals surface area (Å²) in [4.78, 5) is 28.0. The number of carboxylic acid groups (broad SMARTS) is 1. The summed E-state index contributed by atoms with van der Waals surface area (Å²) >= 11 is 6.20. The molecule has 2 N–H and O–H groups in total. The molecule has 0 atom stereocenters. The van der Waals surface area contributed by atoms with E-state index < -0.39 is 17.6 Å². The van der Waals surface area contributed by atoms with Gasteiger partial charge < -0.3 is 9.52 Å². The van der Waals surface area contributed by atoms with Crippen molar-refractivity contribution in [3.63, 3.8) is 0 Å². The van der Waals surface area contributed by atoms with Gasteiger partial charge in [-0.2, -0.15) is 0 Å². The Morgan fingerprint density at radius 1 is 1.09 bits per heavy atom. The van der Waals surface area contributed by atoms with Gasteiger partial charge in [0.25, 0.3) is 0 Å². The molecule has 8 nitrogen and oxygen atoms in total. The molecule has 0 radical (unpaired) electrons. The first kappa shape index (κ1) is 20.7. The van der Waals surface area contributed by atoms with Crippen molar-refractivity contribution < 1.29 is 23.1 Å². The first-order chi connectivity index (χ1) is 15.9. The second-order valence-electron chi connectivity index (χ2n) is 6.98. The Bertz CT molecular complexity index is 1430. The van der Waals surface area contributed by atoms with Gasteiger partial charge in [0, 0.05) is 27.9 Å². The highest BCUT2D eigenvalue weighted by Gasteiger charge is 2.25. The summed E-state index contributed by atoms with van der Waals surface area (Å²) in [5.74, 6) is -3.05. The van der Waals surface area contributed by atoms with Crippen molar-refractivity contribution in [2.45, 2.75) is 6.54 Å². The molecule has 5 rings (SSSR count). The van der Waals surface area contributed by atoms with Crippen molar-refractivity contribution >= 4 is 35.2 Å². The first-order valence-electron chi connectivity index (χ1n) is 9.52. The van der Waals surface area contributed by atoms with Gasteiger partial charge in [0.05, 0.1) is 29.7 Å². The van der Waals surface area contributed by atoms with E-state index in [2.05, 4.69) is 25.3 Å². The third-order valence-electron chi connectivity index (χ3n) is 4.90. The van der Waals surface area contributed by atoms with Crippen LogP contribution in [0.5, 0.6) is 0 Å². The molecule has 2 aromatic carbocycles. The fourth-order valence-corrected chi connectivity index (χ4v) is 3.62. The van der Waals surface area contributed by atoms with Gasteiger partial charge in [-0.15, -0.1) is 0 Å². The minimum Gasteiger partial charge on any atom is -0.475 e. The summed E-state index contributed by atoms with van der Waals surface area (Å²) < 4.78 is 34.3. The van der Waals surface area contributed by atoms with Crippen LogP contribution in [0.1, 0.15) is 27.2 Å². The molecule has 4 aromatic rings. The number of hydrogen-bond donors (Lipinski definition) is 2. The average Bonchev–Trinajstić information content (AvgIpc) is 3.19. The summed E-state index contributed by atoms with van der Waals surface area (Å²) in [7, 11) is 0. The zero-order valence-electron chi connectivity index (χ0n) is 16.5. The maximum absolute atomic E-state index is 14.6. The molecule has 164 valence electrons. The maximum atomic E-state index is 14.6. The molecule has 2 aromatic heterocycles. The highest BCUT2D eigenvalue weighted by molar-refractivity contribution is 6.31. The van der Waals surface area contributed by atoms with Crippen LogP contribution in [-0.4, -0.2) is 31.7 Å². The van der Waals surface area contributed by atoms with E-state index in [9.17, 15) is 13.6 Å². The number of anilines is 2. The summed E-state index contributed by atoms with van der Waals surface area (Å²) in [5, 5.41) is 12.0. The highest BCUT2D eigenvalue weighted by atomic mass is 35.5. The average molecular weight is 468 g/mol. The Morgan fingerprint density at radius 2 is 1.88 bits per heavy atom. The summed E-state index contributed by atoms with van der Waals surface area (Å²) in [6.07, 6.45) is 2.56. The Morgan fingerprint density at radius 3 is 2.61 bits per heavy atom. The molecule has 1 aliphatic rings. The molecular weight excluding hydrogens is 456 g/mol. The molecule has 0 fully saturated rings. The van der Waals surface area contributed by atoms with E-state index in [0.717, 1.165) is 18.3 Å². The van der Waals surface area contributed by atoms with Gasteiger partial charge in [0.15, 0.2) is 0 Å². The number of hydrogen-bond acceptors (Lipinski definition) is 7. The third kappa shape index (κ3) is 3.80. The van der Waals surface area contributed by atoms with Crippen LogP contribution in [0.2, 0.25) is 5.02 Å². The molecule has 0 saturated carbocycles. The zero-order chi connectivity index (χ0) is 23.1. The van der Waals surface area contributed by atoms with E-state index in [1.807, 2.05) is 0 Å². The lowest BCUT2D eigenvalue weighted by atomic mass is 9.95. The Balaban J connectivity index is 1.62. The van der Waals surface area contributed by atoms with Gasteiger partial charge >= 0.3 is 12.0 Å². The van der Waals surface area contributed by atoms with E-state index >= 15 is 0 Å². The number of fused-ring (bicyclic) bond motifs is 3. The Hall–Kier alpha value is -4.18. The van der Waals surface area contributed by atoms with Gasteiger partial charge in [-0.25, -0.2) is 28.5 Å². The van der Waals surface area contributed by atoms with Crippen LogP contribution in [-0.2, 0) is 6.54 Å². The van der Waals surface area contributed by atoms with Crippen molar-refractivity contribution in [2.75, 3.05) is 5.32 Å². The zero-order valence-corrected chi connectivity index (χ0v) is 17.3. The van der Waals surface area contributed by atoms with Crippen LogP contribution in [0, 0.1) is 11.6 Å². The minimum absolute atomic E-state index is 0.0627. The number of carboxylic acids is 1. The van der Waals surface area contributed by atoms with Crippen LogP contribution in [0.15, 0.2) is 58.2 Å². The molecule has 0 unspecified atom stereocenters. The number of aliphatic imine (C=N–C) groups is 1. The first-order valence-corrected chi connectivity index (χ1v) is 9.89. The molecule has 3 heterocycles. The normalized spacial score (nSPS) is 12.4. The molecule has 11 heteroatoms. The molecule has 33 heavy (non-hydrogen) atoms. The highest BCUT2D eigenvalue weighted by Crippen LogP contribution is 2.34. The van der Waals surface area contributed by atoms with Crippen LogP contribution >= 0.6 is 11.6 Å². The van der Waals surface area contributed by atoms with Crippen LogP contribution in [0.25, 0.3) is 11.3 Å². The fraction of sp³-hybridized carbons (Fsp3) is 0.0455. The predicted octanol–water partition coefficient (Wildman–Crippen LogP) is 4.86. The molecular formula is C22H12ClF2N5O3. The molecule has 0 bridgehead atoms. The Labute approximate surface area is 189 Å². The lowest BCUT2D eigenvalue weighted by Crippen LogP contribution is -2.10. The SMILES string of the molecule is O=C(O)c1cnc(Nc2ncc3c(n2)-c2ccc(Cl)cc2C(c2c(F)cccc2F)=NC3)o1.